The van der Waals surface area contributed by atoms with E-state index >= 15 is 0 Å². The summed E-state index contributed by atoms with van der Waals surface area (Å²) in [6, 6.07) is 0. The van der Waals surface area contributed by atoms with E-state index in [1.165, 1.54) is 22.7 Å². The van der Waals surface area contributed by atoms with E-state index in [2.05, 4.69) is 9.97 Å². The normalized spacial score (nSPS) is 10.9. The highest BCUT2D eigenvalue weighted by Crippen LogP contribution is 2.10. The molecule has 0 spiro atoms. The topological polar surface area (TPSA) is 66.3 Å². The molecule has 2 aromatic heterocycles. The van der Waals surface area contributed by atoms with E-state index in [-0.39, 0.29) is 6.54 Å². The first kappa shape index (κ1) is 12.2. The van der Waals surface area contributed by atoms with Crippen LogP contribution in [0.5, 0.6) is 0 Å². The van der Waals surface area contributed by atoms with E-state index in [4.69, 9.17) is 5.11 Å². The predicted octanol–water partition coefficient (Wildman–Crippen LogP) is 1.69. The van der Waals surface area contributed by atoms with Gasteiger partial charge < -0.3 is 5.11 Å². The minimum atomic E-state index is -0.838. The van der Waals surface area contributed by atoms with Gasteiger partial charge in [0.2, 0.25) is 0 Å². The summed E-state index contributed by atoms with van der Waals surface area (Å²) in [6.45, 7) is 1.07. The zero-order chi connectivity index (χ0) is 12.1. The van der Waals surface area contributed by atoms with Crippen LogP contribution in [0, 0.1) is 0 Å². The van der Waals surface area contributed by atoms with E-state index in [1.807, 2.05) is 15.7 Å². The molecule has 0 aromatic carbocycles. The zero-order valence-corrected chi connectivity index (χ0v) is 10.6. The summed E-state index contributed by atoms with van der Waals surface area (Å²) in [6.07, 6.45) is 0. The van der Waals surface area contributed by atoms with Crippen LogP contribution in [0.2, 0.25) is 0 Å². The second kappa shape index (κ2) is 5.85. The molecular weight excluding hydrogens is 258 g/mol. The van der Waals surface area contributed by atoms with E-state index in [0.29, 0.717) is 13.1 Å². The minimum absolute atomic E-state index is 0.00491. The third-order valence-corrected chi connectivity index (χ3v) is 3.37. The maximum atomic E-state index is 10.8. The number of nitrogens with zero attached hydrogens (tertiary/aromatic N) is 3. The van der Waals surface area contributed by atoms with Crippen LogP contribution in [-0.4, -0.2) is 32.5 Å². The summed E-state index contributed by atoms with van der Waals surface area (Å²) in [5.41, 5.74) is 5.28. The average Bonchev–Trinajstić information content (AvgIpc) is 2.89. The lowest BCUT2D eigenvalue weighted by Gasteiger charge is -2.17. The fraction of sp³-hybridized carbons (Fsp3) is 0.300. The van der Waals surface area contributed by atoms with Crippen LogP contribution in [0.3, 0.4) is 0 Å². The number of carboxylic acids is 1. The average molecular weight is 269 g/mol. The van der Waals surface area contributed by atoms with Gasteiger partial charge in [-0.3, -0.25) is 9.69 Å². The van der Waals surface area contributed by atoms with Crippen LogP contribution >= 0.6 is 22.7 Å². The van der Waals surface area contributed by atoms with Gasteiger partial charge in [0.15, 0.2) is 0 Å². The lowest BCUT2D eigenvalue weighted by atomic mass is 10.3. The van der Waals surface area contributed by atoms with Crippen molar-refractivity contribution in [2.75, 3.05) is 6.54 Å². The SMILES string of the molecule is O=C(O)CN(Cc1cscn1)Cc1cscn1. The number of carbonyl (C=O) groups is 1. The second-order valence-corrected chi connectivity index (χ2v) is 4.94. The number of hydrogen-bond acceptors (Lipinski definition) is 6. The molecule has 0 atom stereocenters. The summed E-state index contributed by atoms with van der Waals surface area (Å²) in [4.78, 5) is 20.9. The van der Waals surface area contributed by atoms with Crippen molar-refractivity contribution >= 4 is 28.6 Å². The van der Waals surface area contributed by atoms with Crippen molar-refractivity contribution < 1.29 is 9.90 Å². The van der Waals surface area contributed by atoms with Gasteiger partial charge in [-0.05, 0) is 0 Å². The van der Waals surface area contributed by atoms with Gasteiger partial charge in [-0.1, -0.05) is 0 Å². The molecule has 2 heterocycles. The molecule has 7 heteroatoms. The molecule has 0 aliphatic rings. The Balaban J connectivity index is 2.00. The molecule has 17 heavy (non-hydrogen) atoms. The molecule has 1 N–H and O–H groups in total. The number of aliphatic carboxylic acids is 1. The van der Waals surface area contributed by atoms with Crippen molar-refractivity contribution in [3.8, 4) is 0 Å². The molecular formula is C10H11N3O2S2. The van der Waals surface area contributed by atoms with E-state index in [0.717, 1.165) is 11.4 Å². The number of hydrogen-bond donors (Lipinski definition) is 1. The largest absolute Gasteiger partial charge is 0.480 e. The van der Waals surface area contributed by atoms with Crippen LogP contribution in [0.1, 0.15) is 11.4 Å². The standard InChI is InChI=1S/C10H11N3O2S2/c14-10(15)3-13(1-8-4-16-6-11-8)2-9-5-17-7-12-9/h4-7H,1-3H2,(H,14,15). The Labute approximate surface area is 106 Å². The first-order valence-electron chi connectivity index (χ1n) is 4.92. The summed E-state index contributed by atoms with van der Waals surface area (Å²) < 4.78 is 0. The fourth-order valence-electron chi connectivity index (χ4n) is 1.45. The number of rotatable bonds is 6. The van der Waals surface area contributed by atoms with Gasteiger partial charge in [-0.2, -0.15) is 0 Å². The number of thiazole rings is 2. The van der Waals surface area contributed by atoms with Crippen LogP contribution in [0.15, 0.2) is 21.8 Å². The van der Waals surface area contributed by atoms with Gasteiger partial charge in [0.25, 0.3) is 0 Å². The predicted molar refractivity (Wildman–Crippen MR) is 66.0 cm³/mol. The molecule has 2 aromatic rings. The molecule has 0 fully saturated rings. The van der Waals surface area contributed by atoms with Gasteiger partial charge in [0.1, 0.15) is 0 Å². The molecule has 2 rings (SSSR count). The van der Waals surface area contributed by atoms with E-state index in [9.17, 15) is 4.79 Å². The van der Waals surface area contributed by atoms with Crippen molar-refractivity contribution in [1.29, 1.82) is 0 Å². The van der Waals surface area contributed by atoms with Crippen LogP contribution in [-0.2, 0) is 17.9 Å². The first-order valence-corrected chi connectivity index (χ1v) is 6.81. The summed E-state index contributed by atoms with van der Waals surface area (Å²) in [7, 11) is 0. The van der Waals surface area contributed by atoms with Gasteiger partial charge in [0, 0.05) is 23.8 Å². The highest BCUT2D eigenvalue weighted by atomic mass is 32.1. The Morgan fingerprint density at radius 2 is 1.71 bits per heavy atom. The van der Waals surface area contributed by atoms with Crippen molar-refractivity contribution in [2.45, 2.75) is 13.1 Å². The van der Waals surface area contributed by atoms with Gasteiger partial charge in [0.05, 0.1) is 29.0 Å². The Kier molecular flexibility index (Phi) is 4.18. The van der Waals surface area contributed by atoms with E-state index < -0.39 is 5.97 Å². The van der Waals surface area contributed by atoms with Gasteiger partial charge in [-0.15, -0.1) is 22.7 Å². The van der Waals surface area contributed by atoms with Crippen LogP contribution in [0.25, 0.3) is 0 Å². The summed E-state index contributed by atoms with van der Waals surface area (Å²) in [5.74, 6) is -0.838. The summed E-state index contributed by atoms with van der Waals surface area (Å²) >= 11 is 3.02. The van der Waals surface area contributed by atoms with E-state index in [1.54, 1.807) is 11.0 Å². The molecule has 90 valence electrons. The first-order chi connectivity index (χ1) is 8.24. The summed E-state index contributed by atoms with van der Waals surface area (Å²) in [5, 5.41) is 12.7. The number of carboxylic acid groups (broad SMARTS) is 1. The molecule has 0 radical (unpaired) electrons. The van der Waals surface area contributed by atoms with Crippen molar-refractivity contribution in [3.05, 3.63) is 33.2 Å². The lowest BCUT2D eigenvalue weighted by Crippen LogP contribution is -2.29. The lowest BCUT2D eigenvalue weighted by molar-refractivity contribution is -0.138. The molecule has 0 aliphatic carbocycles. The van der Waals surface area contributed by atoms with Crippen LogP contribution in [0.4, 0.5) is 0 Å². The van der Waals surface area contributed by atoms with Crippen molar-refractivity contribution in [3.63, 3.8) is 0 Å². The molecule has 0 saturated carbocycles. The molecule has 0 bridgehead atoms. The van der Waals surface area contributed by atoms with Crippen molar-refractivity contribution in [2.24, 2.45) is 0 Å². The molecule has 5 nitrogen and oxygen atoms in total. The van der Waals surface area contributed by atoms with Crippen LogP contribution < -0.4 is 0 Å². The molecule has 0 aliphatic heterocycles. The highest BCUT2D eigenvalue weighted by Gasteiger charge is 2.12. The Hall–Kier alpha value is -1.31. The maximum Gasteiger partial charge on any atom is 0.317 e. The Morgan fingerprint density at radius 3 is 2.06 bits per heavy atom. The van der Waals surface area contributed by atoms with Crippen molar-refractivity contribution in [1.82, 2.24) is 14.9 Å². The smallest absolute Gasteiger partial charge is 0.317 e. The third kappa shape index (κ3) is 3.88. The second-order valence-electron chi connectivity index (χ2n) is 3.50. The van der Waals surface area contributed by atoms with Gasteiger partial charge >= 0.3 is 5.97 Å². The zero-order valence-electron chi connectivity index (χ0n) is 8.94. The number of aromatic nitrogens is 2. The maximum absolute atomic E-state index is 10.8. The minimum Gasteiger partial charge on any atom is -0.480 e. The molecule has 0 unspecified atom stereocenters. The quantitative estimate of drug-likeness (QED) is 0.864. The molecule has 0 amide bonds. The van der Waals surface area contributed by atoms with Gasteiger partial charge in [-0.25, -0.2) is 9.97 Å². The monoisotopic (exact) mass is 269 g/mol. The third-order valence-electron chi connectivity index (χ3n) is 2.10. The Morgan fingerprint density at radius 1 is 1.18 bits per heavy atom. The molecule has 0 saturated heterocycles. The highest BCUT2D eigenvalue weighted by molar-refractivity contribution is 7.07. The Bertz CT molecular complexity index is 420. The fourth-order valence-corrected chi connectivity index (χ4v) is 2.55.